The lowest BCUT2D eigenvalue weighted by Gasteiger charge is -2.08. The van der Waals surface area contributed by atoms with Crippen LogP contribution in [0.15, 0.2) is 0 Å². The second-order valence-electron chi connectivity index (χ2n) is 2.36. The van der Waals surface area contributed by atoms with Crippen LogP contribution >= 0.6 is 27.7 Å². The summed E-state index contributed by atoms with van der Waals surface area (Å²) >= 11 is 5.33. The van der Waals surface area contributed by atoms with Crippen LogP contribution in [0.5, 0.6) is 0 Å². The number of hydrogen-bond donors (Lipinski definition) is 1. The van der Waals surface area contributed by atoms with E-state index in [4.69, 9.17) is 0 Å². The van der Waals surface area contributed by atoms with Crippen molar-refractivity contribution in [2.45, 2.75) is 19.4 Å². The quantitative estimate of drug-likeness (QED) is 0.550. The van der Waals surface area contributed by atoms with Crippen molar-refractivity contribution in [2.24, 2.45) is 0 Å². The third kappa shape index (κ3) is 6.90. The van der Waals surface area contributed by atoms with Crippen LogP contribution in [0.3, 0.4) is 0 Å². The van der Waals surface area contributed by atoms with Crippen LogP contribution in [0.4, 0.5) is 0 Å². The summed E-state index contributed by atoms with van der Waals surface area (Å²) in [6, 6.07) is 0.613. The van der Waals surface area contributed by atoms with Crippen molar-refractivity contribution in [3.05, 3.63) is 0 Å². The summed E-state index contributed by atoms with van der Waals surface area (Å²) in [6.07, 6.45) is 3.42. The lowest BCUT2D eigenvalue weighted by atomic mass is 10.4. The molecule has 1 N–H and O–H groups in total. The highest BCUT2D eigenvalue weighted by atomic mass is 79.9. The van der Waals surface area contributed by atoms with E-state index in [0.717, 1.165) is 11.9 Å². The normalized spacial score (nSPS) is 13.5. The second kappa shape index (κ2) is 7.89. The van der Waals surface area contributed by atoms with Gasteiger partial charge in [0, 0.05) is 11.4 Å². The standard InChI is InChI=1S/C7H16BrNS/c1-7(6-8)9-4-3-5-10-2/h7,9H,3-6H2,1-2H3. The van der Waals surface area contributed by atoms with Crippen LogP contribution in [-0.4, -0.2) is 29.9 Å². The van der Waals surface area contributed by atoms with Gasteiger partial charge in [0.2, 0.25) is 0 Å². The van der Waals surface area contributed by atoms with Crippen molar-refractivity contribution < 1.29 is 0 Å². The molecule has 1 atom stereocenters. The molecule has 10 heavy (non-hydrogen) atoms. The number of thioether (sulfide) groups is 1. The van der Waals surface area contributed by atoms with Crippen LogP contribution in [0.25, 0.3) is 0 Å². The van der Waals surface area contributed by atoms with E-state index in [2.05, 4.69) is 34.4 Å². The molecule has 0 amide bonds. The van der Waals surface area contributed by atoms with E-state index >= 15 is 0 Å². The molecule has 0 fully saturated rings. The molecular formula is C7H16BrNS. The van der Waals surface area contributed by atoms with E-state index in [1.165, 1.54) is 12.2 Å². The van der Waals surface area contributed by atoms with Gasteiger partial charge in [0.05, 0.1) is 0 Å². The minimum absolute atomic E-state index is 0.613. The fourth-order valence-corrected chi connectivity index (χ4v) is 1.28. The van der Waals surface area contributed by atoms with E-state index < -0.39 is 0 Å². The molecule has 0 aliphatic heterocycles. The first-order valence-electron chi connectivity index (χ1n) is 3.59. The molecular weight excluding hydrogens is 210 g/mol. The van der Waals surface area contributed by atoms with Gasteiger partial charge in [0.25, 0.3) is 0 Å². The van der Waals surface area contributed by atoms with E-state index in [1.54, 1.807) is 0 Å². The summed E-state index contributed by atoms with van der Waals surface area (Å²) in [5, 5.41) is 4.45. The Hall–Kier alpha value is 0.790. The highest BCUT2D eigenvalue weighted by Crippen LogP contribution is 1.94. The Morgan fingerprint density at radius 2 is 2.30 bits per heavy atom. The van der Waals surface area contributed by atoms with Crippen molar-refractivity contribution >= 4 is 27.7 Å². The Balaban J connectivity index is 2.89. The van der Waals surface area contributed by atoms with E-state index in [0.29, 0.717) is 6.04 Å². The molecule has 0 aliphatic rings. The maximum Gasteiger partial charge on any atom is 0.0183 e. The molecule has 0 aromatic rings. The van der Waals surface area contributed by atoms with Gasteiger partial charge >= 0.3 is 0 Å². The smallest absolute Gasteiger partial charge is 0.0183 e. The van der Waals surface area contributed by atoms with Crippen LogP contribution in [0.1, 0.15) is 13.3 Å². The van der Waals surface area contributed by atoms with Crippen LogP contribution in [0, 0.1) is 0 Å². The van der Waals surface area contributed by atoms with Crippen molar-refractivity contribution in [1.29, 1.82) is 0 Å². The van der Waals surface area contributed by atoms with Crippen LogP contribution in [0.2, 0.25) is 0 Å². The van der Waals surface area contributed by atoms with Gasteiger partial charge in [0.15, 0.2) is 0 Å². The maximum atomic E-state index is 3.42. The van der Waals surface area contributed by atoms with Gasteiger partial charge in [-0.25, -0.2) is 0 Å². The zero-order valence-corrected chi connectivity index (χ0v) is 9.09. The highest BCUT2D eigenvalue weighted by Gasteiger charge is 1.95. The number of alkyl halides is 1. The van der Waals surface area contributed by atoms with Gasteiger partial charge in [-0.1, -0.05) is 15.9 Å². The number of hydrogen-bond acceptors (Lipinski definition) is 2. The van der Waals surface area contributed by atoms with Gasteiger partial charge in [-0.15, -0.1) is 0 Å². The predicted molar refractivity (Wildman–Crippen MR) is 54.3 cm³/mol. The Morgan fingerprint density at radius 1 is 1.60 bits per heavy atom. The molecule has 1 unspecified atom stereocenters. The zero-order valence-electron chi connectivity index (χ0n) is 6.69. The van der Waals surface area contributed by atoms with Crippen molar-refractivity contribution in [3.63, 3.8) is 0 Å². The molecule has 0 saturated carbocycles. The fourth-order valence-electron chi connectivity index (χ4n) is 0.620. The van der Waals surface area contributed by atoms with Gasteiger partial charge in [-0.2, -0.15) is 11.8 Å². The summed E-state index contributed by atoms with van der Waals surface area (Å²) in [6.45, 7) is 3.33. The first-order valence-corrected chi connectivity index (χ1v) is 6.11. The Morgan fingerprint density at radius 3 is 2.80 bits per heavy atom. The van der Waals surface area contributed by atoms with Gasteiger partial charge in [-0.05, 0) is 31.9 Å². The molecule has 1 nitrogen and oxygen atoms in total. The highest BCUT2D eigenvalue weighted by molar-refractivity contribution is 9.09. The summed E-state index contributed by atoms with van der Waals surface area (Å²) in [4.78, 5) is 0. The van der Waals surface area contributed by atoms with E-state index in [9.17, 15) is 0 Å². The molecule has 0 radical (unpaired) electrons. The Bertz CT molecular complexity index is 70.6. The Labute approximate surface area is 76.5 Å². The van der Waals surface area contributed by atoms with Crippen molar-refractivity contribution in [1.82, 2.24) is 5.32 Å². The van der Waals surface area contributed by atoms with Crippen molar-refractivity contribution in [3.8, 4) is 0 Å². The SMILES string of the molecule is CSCCCNC(C)CBr. The average molecular weight is 226 g/mol. The molecule has 0 bridgehead atoms. The second-order valence-corrected chi connectivity index (χ2v) is 3.99. The minimum atomic E-state index is 0.613. The molecule has 62 valence electrons. The molecule has 0 aromatic carbocycles. The third-order valence-corrected chi connectivity index (χ3v) is 2.92. The largest absolute Gasteiger partial charge is 0.313 e. The molecule has 0 aromatic heterocycles. The Kier molecular flexibility index (Phi) is 8.52. The molecule has 0 aliphatic carbocycles. The number of rotatable bonds is 6. The van der Waals surface area contributed by atoms with Crippen LogP contribution < -0.4 is 5.32 Å². The molecule has 0 spiro atoms. The topological polar surface area (TPSA) is 12.0 Å². The molecule has 3 heteroatoms. The minimum Gasteiger partial charge on any atom is -0.313 e. The van der Waals surface area contributed by atoms with E-state index in [-0.39, 0.29) is 0 Å². The van der Waals surface area contributed by atoms with E-state index in [1.807, 2.05) is 11.8 Å². The van der Waals surface area contributed by atoms with Gasteiger partial charge in [-0.3, -0.25) is 0 Å². The molecule has 0 rings (SSSR count). The fraction of sp³-hybridized carbons (Fsp3) is 1.00. The molecule has 0 saturated heterocycles. The lowest BCUT2D eigenvalue weighted by molar-refractivity contribution is 0.595. The maximum absolute atomic E-state index is 3.42. The third-order valence-electron chi connectivity index (χ3n) is 1.25. The van der Waals surface area contributed by atoms with Crippen molar-refractivity contribution in [2.75, 3.05) is 23.9 Å². The summed E-state index contributed by atoms with van der Waals surface area (Å²) in [7, 11) is 0. The summed E-state index contributed by atoms with van der Waals surface area (Å²) in [5.41, 5.74) is 0. The lowest BCUT2D eigenvalue weighted by Crippen LogP contribution is -2.28. The number of nitrogens with one attached hydrogen (secondary N) is 1. The first kappa shape index (κ1) is 10.8. The van der Waals surface area contributed by atoms with Gasteiger partial charge in [0.1, 0.15) is 0 Å². The first-order chi connectivity index (χ1) is 4.81. The zero-order chi connectivity index (χ0) is 7.82. The van der Waals surface area contributed by atoms with Gasteiger partial charge < -0.3 is 5.32 Å². The predicted octanol–water partition coefficient (Wildman–Crippen LogP) is 2.11. The summed E-state index contributed by atoms with van der Waals surface area (Å²) in [5.74, 6) is 1.27. The molecule has 0 heterocycles. The van der Waals surface area contributed by atoms with Crippen LogP contribution in [-0.2, 0) is 0 Å². The average Bonchev–Trinajstić information content (AvgIpc) is 1.98. The monoisotopic (exact) mass is 225 g/mol. The number of halogens is 1. The summed E-state index contributed by atoms with van der Waals surface area (Å²) < 4.78 is 0.